The largest absolute Gasteiger partial charge is 0.432 e. The van der Waals surface area contributed by atoms with Crippen LogP contribution in [0.2, 0.25) is 0 Å². The Morgan fingerprint density at radius 3 is 3.00 bits per heavy atom. The van der Waals surface area contributed by atoms with Crippen LogP contribution in [0.5, 0.6) is 0 Å². The maximum absolute atomic E-state index is 5.64. The Labute approximate surface area is 115 Å². The van der Waals surface area contributed by atoms with E-state index in [2.05, 4.69) is 34.1 Å². The molecule has 1 N–H and O–H groups in total. The summed E-state index contributed by atoms with van der Waals surface area (Å²) in [6.07, 6.45) is 5.58. The number of rotatable bonds is 5. The van der Waals surface area contributed by atoms with Crippen LogP contribution in [0.15, 0.2) is 10.7 Å². The molecule has 0 amide bonds. The molecule has 1 unspecified atom stereocenters. The Bertz CT molecular complexity index is 415. The van der Waals surface area contributed by atoms with Crippen LogP contribution in [0.25, 0.3) is 0 Å². The van der Waals surface area contributed by atoms with Gasteiger partial charge in [-0.25, -0.2) is 0 Å². The third-order valence-corrected chi connectivity index (χ3v) is 4.21. The third kappa shape index (κ3) is 3.09. The second kappa shape index (κ2) is 5.51. The number of hydrogen-bond donors (Lipinski definition) is 1. The topological polar surface area (TPSA) is 44.5 Å². The van der Waals surface area contributed by atoms with Crippen molar-refractivity contribution in [1.29, 1.82) is 0 Å². The lowest BCUT2D eigenvalue weighted by Gasteiger charge is -2.38. The molecule has 0 spiro atoms. The van der Waals surface area contributed by atoms with Crippen LogP contribution in [-0.4, -0.2) is 48.6 Å². The fourth-order valence-corrected chi connectivity index (χ4v) is 2.62. The second-order valence-corrected chi connectivity index (χ2v) is 5.77. The SMILES string of the molecule is CCC1CN(c2nc(CNC3CC3)co2)CCN1C. The van der Waals surface area contributed by atoms with Crippen LogP contribution in [0.4, 0.5) is 6.01 Å². The summed E-state index contributed by atoms with van der Waals surface area (Å²) >= 11 is 0. The second-order valence-electron chi connectivity index (χ2n) is 5.77. The highest BCUT2D eigenvalue weighted by Gasteiger charge is 2.26. The van der Waals surface area contributed by atoms with Gasteiger partial charge in [-0.05, 0) is 26.3 Å². The molecule has 1 saturated carbocycles. The monoisotopic (exact) mass is 264 g/mol. The van der Waals surface area contributed by atoms with Crippen molar-refractivity contribution in [2.75, 3.05) is 31.6 Å². The van der Waals surface area contributed by atoms with E-state index in [-0.39, 0.29) is 0 Å². The van der Waals surface area contributed by atoms with Gasteiger partial charge >= 0.3 is 0 Å². The van der Waals surface area contributed by atoms with E-state index in [1.165, 1.54) is 19.3 Å². The van der Waals surface area contributed by atoms with Gasteiger partial charge in [0.1, 0.15) is 6.26 Å². The van der Waals surface area contributed by atoms with Gasteiger partial charge in [0.15, 0.2) is 0 Å². The van der Waals surface area contributed by atoms with E-state index >= 15 is 0 Å². The van der Waals surface area contributed by atoms with Gasteiger partial charge in [-0.2, -0.15) is 4.98 Å². The van der Waals surface area contributed by atoms with Crippen molar-refractivity contribution in [3.8, 4) is 0 Å². The first-order valence-electron chi connectivity index (χ1n) is 7.39. The Balaban J connectivity index is 1.58. The molecule has 5 heteroatoms. The van der Waals surface area contributed by atoms with Gasteiger partial charge in [-0.1, -0.05) is 6.92 Å². The van der Waals surface area contributed by atoms with Crippen LogP contribution in [0, 0.1) is 0 Å². The van der Waals surface area contributed by atoms with E-state index in [9.17, 15) is 0 Å². The average Bonchev–Trinajstić information content (AvgIpc) is 3.14. The molecule has 106 valence electrons. The van der Waals surface area contributed by atoms with E-state index < -0.39 is 0 Å². The maximum Gasteiger partial charge on any atom is 0.297 e. The molecule has 0 aromatic carbocycles. The molecule has 1 aromatic rings. The Kier molecular flexibility index (Phi) is 3.75. The van der Waals surface area contributed by atoms with Crippen LogP contribution in [0.3, 0.4) is 0 Å². The minimum atomic E-state index is 0.605. The fraction of sp³-hybridized carbons (Fsp3) is 0.786. The molecule has 1 aromatic heterocycles. The average molecular weight is 264 g/mol. The number of nitrogens with zero attached hydrogens (tertiary/aromatic N) is 3. The van der Waals surface area contributed by atoms with E-state index in [4.69, 9.17) is 4.42 Å². The molecule has 2 aliphatic rings. The van der Waals surface area contributed by atoms with E-state index in [1.54, 1.807) is 6.26 Å². The van der Waals surface area contributed by atoms with Gasteiger partial charge in [0.05, 0.1) is 5.69 Å². The number of likely N-dealkylation sites (N-methyl/N-ethyl adjacent to an activating group) is 1. The number of piperazine rings is 1. The quantitative estimate of drug-likeness (QED) is 0.872. The predicted molar refractivity (Wildman–Crippen MR) is 75.3 cm³/mol. The fourth-order valence-electron chi connectivity index (χ4n) is 2.62. The number of nitrogens with one attached hydrogen (secondary N) is 1. The Morgan fingerprint density at radius 1 is 1.42 bits per heavy atom. The minimum absolute atomic E-state index is 0.605. The standard InChI is InChI=1S/C14H24N4O/c1-3-13-9-18(7-6-17(13)2)14-16-12(10-19-14)8-15-11-4-5-11/h10-11,13,15H,3-9H2,1-2H3. The van der Waals surface area contributed by atoms with Crippen molar-refractivity contribution in [2.45, 2.75) is 44.8 Å². The van der Waals surface area contributed by atoms with Crippen molar-refractivity contribution >= 4 is 6.01 Å². The predicted octanol–water partition coefficient (Wildman–Crippen LogP) is 1.46. The summed E-state index contributed by atoms with van der Waals surface area (Å²) in [6.45, 7) is 6.17. The zero-order chi connectivity index (χ0) is 13.2. The molecule has 1 saturated heterocycles. The van der Waals surface area contributed by atoms with Gasteiger partial charge in [0.25, 0.3) is 6.01 Å². The molecule has 1 aliphatic carbocycles. The van der Waals surface area contributed by atoms with E-state index in [0.717, 1.165) is 37.9 Å². The molecule has 2 fully saturated rings. The van der Waals surface area contributed by atoms with Crippen LogP contribution >= 0.6 is 0 Å². The summed E-state index contributed by atoms with van der Waals surface area (Å²) in [6, 6.07) is 2.11. The van der Waals surface area contributed by atoms with Gasteiger partial charge in [0.2, 0.25) is 0 Å². The molecular weight excluding hydrogens is 240 g/mol. The van der Waals surface area contributed by atoms with E-state index in [0.29, 0.717) is 12.1 Å². The highest BCUT2D eigenvalue weighted by molar-refractivity contribution is 5.28. The number of aromatic nitrogens is 1. The Hall–Kier alpha value is -1.07. The van der Waals surface area contributed by atoms with Gasteiger partial charge < -0.3 is 14.6 Å². The van der Waals surface area contributed by atoms with Crippen molar-refractivity contribution < 1.29 is 4.42 Å². The molecule has 1 aliphatic heterocycles. The summed E-state index contributed by atoms with van der Waals surface area (Å²) in [4.78, 5) is 9.30. The van der Waals surface area contributed by atoms with Gasteiger partial charge in [-0.3, -0.25) is 4.90 Å². The summed E-state index contributed by atoms with van der Waals surface area (Å²) in [5.41, 5.74) is 1.02. The van der Waals surface area contributed by atoms with Crippen LogP contribution in [0.1, 0.15) is 31.9 Å². The minimum Gasteiger partial charge on any atom is -0.432 e. The molecule has 2 heterocycles. The smallest absolute Gasteiger partial charge is 0.297 e. The summed E-state index contributed by atoms with van der Waals surface area (Å²) < 4.78 is 5.64. The zero-order valence-corrected chi connectivity index (χ0v) is 11.9. The first-order valence-corrected chi connectivity index (χ1v) is 7.39. The lowest BCUT2D eigenvalue weighted by atomic mass is 10.1. The van der Waals surface area contributed by atoms with Crippen molar-refractivity contribution in [2.24, 2.45) is 0 Å². The van der Waals surface area contributed by atoms with Gasteiger partial charge in [-0.15, -0.1) is 0 Å². The van der Waals surface area contributed by atoms with Crippen LogP contribution in [-0.2, 0) is 6.54 Å². The molecule has 19 heavy (non-hydrogen) atoms. The lowest BCUT2D eigenvalue weighted by Crippen LogP contribution is -2.51. The van der Waals surface area contributed by atoms with Crippen LogP contribution < -0.4 is 10.2 Å². The highest BCUT2D eigenvalue weighted by Crippen LogP contribution is 2.21. The first-order chi connectivity index (χ1) is 9.26. The number of anilines is 1. The van der Waals surface area contributed by atoms with Gasteiger partial charge in [0, 0.05) is 38.3 Å². The summed E-state index contributed by atoms with van der Waals surface area (Å²) in [5, 5.41) is 3.47. The molecule has 1 atom stereocenters. The molecule has 3 rings (SSSR count). The Morgan fingerprint density at radius 2 is 2.26 bits per heavy atom. The zero-order valence-electron chi connectivity index (χ0n) is 11.9. The summed E-state index contributed by atoms with van der Waals surface area (Å²) in [7, 11) is 2.20. The number of hydrogen-bond acceptors (Lipinski definition) is 5. The van der Waals surface area contributed by atoms with Crippen molar-refractivity contribution in [1.82, 2.24) is 15.2 Å². The molecule has 0 bridgehead atoms. The summed E-state index contributed by atoms with van der Waals surface area (Å²) in [5.74, 6) is 0. The highest BCUT2D eigenvalue weighted by atomic mass is 16.4. The maximum atomic E-state index is 5.64. The molecule has 0 radical (unpaired) electrons. The normalized spacial score (nSPS) is 24.9. The number of oxazole rings is 1. The van der Waals surface area contributed by atoms with Crippen molar-refractivity contribution in [3.63, 3.8) is 0 Å². The lowest BCUT2D eigenvalue weighted by molar-refractivity contribution is 0.209. The van der Waals surface area contributed by atoms with E-state index in [1.807, 2.05) is 0 Å². The first kappa shape index (κ1) is 12.9. The third-order valence-electron chi connectivity index (χ3n) is 4.21. The van der Waals surface area contributed by atoms with Crippen molar-refractivity contribution in [3.05, 3.63) is 12.0 Å². The molecular formula is C14H24N4O. The molecule has 5 nitrogen and oxygen atoms in total.